The van der Waals surface area contributed by atoms with Gasteiger partial charge < -0.3 is 5.73 Å². The third kappa shape index (κ3) is 1.04. The van der Waals surface area contributed by atoms with Crippen LogP contribution in [0.25, 0.3) is 10.9 Å². The van der Waals surface area contributed by atoms with Gasteiger partial charge in [0.05, 0.1) is 10.9 Å². The van der Waals surface area contributed by atoms with Gasteiger partial charge in [-0.05, 0) is 25.1 Å². The molecule has 0 aliphatic carbocycles. The Bertz CT molecular complexity index is 536. The highest BCUT2D eigenvalue weighted by molar-refractivity contribution is 5.81. The third-order valence-electron chi connectivity index (χ3n) is 2.50. The highest BCUT2D eigenvalue weighted by atomic mass is 16.1. The minimum absolute atomic E-state index is 0.0253. The van der Waals surface area contributed by atoms with Crippen LogP contribution in [0.5, 0.6) is 0 Å². The van der Waals surface area contributed by atoms with E-state index >= 15 is 0 Å². The van der Waals surface area contributed by atoms with Crippen LogP contribution in [0.4, 0.5) is 5.69 Å². The SMILES string of the molecule is CCn1c(=O)c2cc(N)ccc2n1C. The maximum atomic E-state index is 11.8. The molecule has 1 aromatic heterocycles. The lowest BCUT2D eigenvalue weighted by atomic mass is 10.2. The highest BCUT2D eigenvalue weighted by Crippen LogP contribution is 2.13. The molecule has 0 saturated heterocycles. The second-order valence-electron chi connectivity index (χ2n) is 3.32. The first-order chi connectivity index (χ1) is 6.65. The summed E-state index contributed by atoms with van der Waals surface area (Å²) in [6.45, 7) is 2.62. The van der Waals surface area contributed by atoms with Crippen molar-refractivity contribution in [2.45, 2.75) is 13.5 Å². The quantitative estimate of drug-likeness (QED) is 0.682. The monoisotopic (exact) mass is 191 g/mol. The second kappa shape index (κ2) is 2.90. The van der Waals surface area contributed by atoms with Crippen molar-refractivity contribution in [1.29, 1.82) is 0 Å². The van der Waals surface area contributed by atoms with Gasteiger partial charge in [-0.1, -0.05) is 0 Å². The van der Waals surface area contributed by atoms with E-state index in [1.165, 1.54) is 0 Å². The van der Waals surface area contributed by atoms with Crippen LogP contribution < -0.4 is 11.3 Å². The molecule has 4 nitrogen and oxygen atoms in total. The number of fused-ring (bicyclic) bond motifs is 1. The Labute approximate surface area is 81.5 Å². The third-order valence-corrected chi connectivity index (χ3v) is 2.50. The van der Waals surface area contributed by atoms with E-state index < -0.39 is 0 Å². The molecule has 0 amide bonds. The lowest BCUT2D eigenvalue weighted by molar-refractivity contribution is 0.532. The summed E-state index contributed by atoms with van der Waals surface area (Å²) in [7, 11) is 1.88. The zero-order valence-corrected chi connectivity index (χ0v) is 8.32. The van der Waals surface area contributed by atoms with Crippen LogP contribution in [-0.4, -0.2) is 9.36 Å². The minimum Gasteiger partial charge on any atom is -0.399 e. The van der Waals surface area contributed by atoms with Crippen LogP contribution in [0.2, 0.25) is 0 Å². The van der Waals surface area contributed by atoms with Gasteiger partial charge in [0.15, 0.2) is 0 Å². The Hall–Kier alpha value is -1.71. The summed E-state index contributed by atoms with van der Waals surface area (Å²) in [5.41, 5.74) is 7.21. The summed E-state index contributed by atoms with van der Waals surface area (Å²) in [5.74, 6) is 0. The molecule has 2 aromatic rings. The largest absolute Gasteiger partial charge is 0.399 e. The lowest BCUT2D eigenvalue weighted by Crippen LogP contribution is -2.19. The molecule has 0 bridgehead atoms. The first-order valence-electron chi connectivity index (χ1n) is 4.60. The molecule has 0 atom stereocenters. The van der Waals surface area contributed by atoms with Crippen molar-refractivity contribution >= 4 is 16.6 Å². The molecule has 14 heavy (non-hydrogen) atoms. The van der Waals surface area contributed by atoms with Crippen molar-refractivity contribution in [1.82, 2.24) is 9.36 Å². The zero-order valence-electron chi connectivity index (χ0n) is 8.32. The fraction of sp³-hybridized carbons (Fsp3) is 0.300. The zero-order chi connectivity index (χ0) is 10.3. The Kier molecular flexibility index (Phi) is 1.84. The summed E-state index contributed by atoms with van der Waals surface area (Å²) in [6, 6.07) is 5.41. The smallest absolute Gasteiger partial charge is 0.274 e. The second-order valence-corrected chi connectivity index (χ2v) is 3.32. The van der Waals surface area contributed by atoms with Crippen molar-refractivity contribution in [3.8, 4) is 0 Å². The maximum Gasteiger partial charge on any atom is 0.274 e. The van der Waals surface area contributed by atoms with Crippen LogP contribution in [-0.2, 0) is 13.6 Å². The highest BCUT2D eigenvalue weighted by Gasteiger charge is 2.08. The van der Waals surface area contributed by atoms with Crippen molar-refractivity contribution in [2.24, 2.45) is 7.05 Å². The van der Waals surface area contributed by atoms with Gasteiger partial charge in [0.25, 0.3) is 5.56 Å². The molecule has 0 aliphatic rings. The van der Waals surface area contributed by atoms with Crippen LogP contribution in [0.15, 0.2) is 23.0 Å². The molecule has 4 heteroatoms. The normalized spacial score (nSPS) is 11.0. The summed E-state index contributed by atoms with van der Waals surface area (Å²) >= 11 is 0. The molecule has 0 spiro atoms. The van der Waals surface area contributed by atoms with Gasteiger partial charge in [0.2, 0.25) is 0 Å². The van der Waals surface area contributed by atoms with Gasteiger partial charge in [-0.2, -0.15) is 0 Å². The summed E-state index contributed by atoms with van der Waals surface area (Å²) in [6.07, 6.45) is 0. The van der Waals surface area contributed by atoms with E-state index in [2.05, 4.69) is 0 Å². The molecule has 0 radical (unpaired) electrons. The molecular weight excluding hydrogens is 178 g/mol. The molecule has 0 fully saturated rings. The van der Waals surface area contributed by atoms with Crippen LogP contribution in [0, 0.1) is 0 Å². The molecule has 0 unspecified atom stereocenters. The van der Waals surface area contributed by atoms with Gasteiger partial charge >= 0.3 is 0 Å². The number of rotatable bonds is 1. The van der Waals surface area contributed by atoms with E-state index in [0.717, 1.165) is 5.52 Å². The number of aryl methyl sites for hydroxylation is 1. The number of hydrogen-bond acceptors (Lipinski definition) is 2. The lowest BCUT2D eigenvalue weighted by Gasteiger charge is -2.02. The number of anilines is 1. The predicted octanol–water partition coefficient (Wildman–Crippen LogP) is 0.942. The van der Waals surface area contributed by atoms with E-state index in [4.69, 9.17) is 5.73 Å². The molecule has 2 rings (SSSR count). The Morgan fingerprint density at radius 1 is 1.43 bits per heavy atom. The first kappa shape index (κ1) is 8.87. The number of nitrogens with two attached hydrogens (primary N) is 1. The van der Waals surface area contributed by atoms with Crippen molar-refractivity contribution in [3.63, 3.8) is 0 Å². The van der Waals surface area contributed by atoms with Crippen molar-refractivity contribution in [3.05, 3.63) is 28.6 Å². The number of benzene rings is 1. The molecular formula is C10H13N3O. The predicted molar refractivity (Wildman–Crippen MR) is 57.3 cm³/mol. The Morgan fingerprint density at radius 2 is 2.14 bits per heavy atom. The first-order valence-corrected chi connectivity index (χ1v) is 4.60. The summed E-state index contributed by atoms with van der Waals surface area (Å²) in [5, 5.41) is 0.689. The molecule has 1 aromatic carbocycles. The van der Waals surface area contributed by atoms with Gasteiger partial charge in [-0.3, -0.25) is 14.2 Å². The van der Waals surface area contributed by atoms with Crippen molar-refractivity contribution < 1.29 is 0 Å². The minimum atomic E-state index is 0.0253. The van der Waals surface area contributed by atoms with E-state index in [9.17, 15) is 4.79 Å². The van der Waals surface area contributed by atoms with Gasteiger partial charge in [-0.15, -0.1) is 0 Å². The standard InChI is InChI=1S/C10H13N3O/c1-3-13-10(14)8-6-7(11)4-5-9(8)12(13)2/h4-6H,3,11H2,1-2H3. The average Bonchev–Trinajstić information content (AvgIpc) is 2.39. The maximum absolute atomic E-state index is 11.8. The van der Waals surface area contributed by atoms with Crippen LogP contribution in [0.1, 0.15) is 6.92 Å². The topological polar surface area (TPSA) is 52.9 Å². The Balaban J connectivity index is 2.95. The number of nitrogens with zero attached hydrogens (tertiary/aromatic N) is 2. The Morgan fingerprint density at radius 3 is 2.79 bits per heavy atom. The van der Waals surface area contributed by atoms with Crippen molar-refractivity contribution in [2.75, 3.05) is 5.73 Å². The number of hydrogen-bond donors (Lipinski definition) is 1. The van der Waals surface area contributed by atoms with Crippen LogP contribution in [0.3, 0.4) is 0 Å². The molecule has 0 saturated carbocycles. The fourth-order valence-corrected chi connectivity index (χ4v) is 1.77. The van der Waals surface area contributed by atoms with Gasteiger partial charge in [0.1, 0.15) is 0 Å². The van der Waals surface area contributed by atoms with E-state index in [0.29, 0.717) is 17.6 Å². The van der Waals surface area contributed by atoms with E-state index in [-0.39, 0.29) is 5.56 Å². The molecule has 74 valence electrons. The molecule has 1 heterocycles. The summed E-state index contributed by atoms with van der Waals surface area (Å²) < 4.78 is 3.54. The number of aromatic nitrogens is 2. The van der Waals surface area contributed by atoms with E-state index in [1.54, 1.807) is 10.7 Å². The van der Waals surface area contributed by atoms with Gasteiger partial charge in [-0.25, -0.2) is 0 Å². The molecule has 2 N–H and O–H groups in total. The van der Waals surface area contributed by atoms with E-state index in [1.807, 2.05) is 30.8 Å². The fourth-order valence-electron chi connectivity index (χ4n) is 1.77. The number of nitrogen functional groups attached to an aromatic ring is 1. The van der Waals surface area contributed by atoms with Crippen LogP contribution >= 0.6 is 0 Å². The summed E-state index contributed by atoms with van der Waals surface area (Å²) in [4.78, 5) is 11.8. The average molecular weight is 191 g/mol. The van der Waals surface area contributed by atoms with Gasteiger partial charge in [0, 0.05) is 19.3 Å². The molecule has 0 aliphatic heterocycles.